The zero-order valence-corrected chi connectivity index (χ0v) is 13.5. The molecule has 0 saturated carbocycles. The second-order valence-electron chi connectivity index (χ2n) is 4.79. The topological polar surface area (TPSA) is 111 Å². The third-order valence-corrected chi connectivity index (χ3v) is 3.31. The number of carbonyl (C=O) groups is 1. The zero-order valence-electron chi connectivity index (χ0n) is 12.7. The monoisotopic (exact) mass is 336 g/mol. The Hall–Kier alpha value is -2.42. The molecule has 4 N–H and O–H groups in total. The van der Waals surface area contributed by atoms with E-state index in [0.717, 1.165) is 15.6 Å². The van der Waals surface area contributed by atoms with E-state index in [0.29, 0.717) is 11.3 Å². The zero-order chi connectivity index (χ0) is 17.0. The Morgan fingerprint density at radius 3 is 2.74 bits per heavy atom. The van der Waals surface area contributed by atoms with Gasteiger partial charge in [0, 0.05) is 18.8 Å². The first-order valence-electron chi connectivity index (χ1n) is 6.67. The summed E-state index contributed by atoms with van der Waals surface area (Å²) in [6.45, 7) is 2.00. The normalized spacial score (nSPS) is 10.3. The van der Waals surface area contributed by atoms with Crippen LogP contribution in [0.1, 0.15) is 11.1 Å². The average Bonchev–Trinajstić information content (AvgIpc) is 2.52. The van der Waals surface area contributed by atoms with Crippen molar-refractivity contribution < 1.29 is 9.53 Å². The average molecular weight is 337 g/mol. The number of halogens is 1. The SMILES string of the molecule is Cc1cccc(N(N)C(=O)N(C)N)c1COc1nccc(Cl)n1. The standard InChI is InChI=1S/C14H17ClN6O2/c1-9-4-3-5-11(21(17)14(22)20(2)16)10(9)8-23-13-18-7-6-12(15)19-13/h3-7H,8,16-17H2,1-2H3. The van der Waals surface area contributed by atoms with Gasteiger partial charge in [-0.2, -0.15) is 4.98 Å². The van der Waals surface area contributed by atoms with E-state index in [4.69, 9.17) is 28.0 Å². The number of nitrogens with zero attached hydrogens (tertiary/aromatic N) is 4. The molecule has 0 radical (unpaired) electrons. The lowest BCUT2D eigenvalue weighted by Gasteiger charge is -2.24. The predicted octanol–water partition coefficient (Wildman–Crippen LogP) is 1.62. The molecule has 122 valence electrons. The molecular formula is C14H17ClN6O2. The molecule has 0 bridgehead atoms. The van der Waals surface area contributed by atoms with Gasteiger partial charge in [0.1, 0.15) is 11.8 Å². The van der Waals surface area contributed by atoms with E-state index in [-0.39, 0.29) is 17.8 Å². The molecule has 0 aliphatic carbocycles. The fourth-order valence-electron chi connectivity index (χ4n) is 1.90. The summed E-state index contributed by atoms with van der Waals surface area (Å²) >= 11 is 5.79. The molecule has 2 amide bonds. The van der Waals surface area contributed by atoms with Gasteiger partial charge in [0.25, 0.3) is 0 Å². The molecular weight excluding hydrogens is 320 g/mol. The van der Waals surface area contributed by atoms with Gasteiger partial charge in [0.05, 0.1) is 5.69 Å². The van der Waals surface area contributed by atoms with Crippen LogP contribution >= 0.6 is 11.6 Å². The number of hydrogen-bond acceptors (Lipinski definition) is 6. The fourth-order valence-corrected chi connectivity index (χ4v) is 2.03. The molecule has 1 aromatic carbocycles. The second-order valence-corrected chi connectivity index (χ2v) is 5.17. The smallest absolute Gasteiger partial charge is 0.352 e. The van der Waals surface area contributed by atoms with Crippen molar-refractivity contribution in [2.75, 3.05) is 12.1 Å². The highest BCUT2D eigenvalue weighted by Crippen LogP contribution is 2.24. The van der Waals surface area contributed by atoms with Crippen LogP contribution in [0.2, 0.25) is 5.15 Å². The van der Waals surface area contributed by atoms with Crippen molar-refractivity contribution in [3.8, 4) is 6.01 Å². The van der Waals surface area contributed by atoms with Crippen LogP contribution in [0.15, 0.2) is 30.5 Å². The number of carbonyl (C=O) groups excluding carboxylic acids is 1. The number of anilines is 1. The number of aromatic nitrogens is 2. The van der Waals surface area contributed by atoms with Gasteiger partial charge in [-0.25, -0.2) is 26.5 Å². The maximum absolute atomic E-state index is 11.9. The summed E-state index contributed by atoms with van der Waals surface area (Å²) < 4.78 is 5.54. The molecule has 0 fully saturated rings. The van der Waals surface area contributed by atoms with Gasteiger partial charge in [0.15, 0.2) is 0 Å². The summed E-state index contributed by atoms with van der Waals surface area (Å²) in [5.74, 6) is 11.3. The highest BCUT2D eigenvalue weighted by molar-refractivity contribution is 6.29. The lowest BCUT2D eigenvalue weighted by atomic mass is 10.1. The van der Waals surface area contributed by atoms with Crippen LogP contribution in [-0.2, 0) is 6.61 Å². The molecule has 9 heteroatoms. The van der Waals surface area contributed by atoms with E-state index >= 15 is 0 Å². The number of amides is 2. The van der Waals surface area contributed by atoms with Crippen molar-refractivity contribution in [1.82, 2.24) is 15.0 Å². The van der Waals surface area contributed by atoms with Crippen LogP contribution < -0.4 is 21.4 Å². The quantitative estimate of drug-likeness (QED) is 0.380. The van der Waals surface area contributed by atoms with Gasteiger partial charge < -0.3 is 4.74 Å². The lowest BCUT2D eigenvalue weighted by molar-refractivity contribution is 0.216. The van der Waals surface area contributed by atoms with E-state index < -0.39 is 6.03 Å². The van der Waals surface area contributed by atoms with E-state index in [1.54, 1.807) is 18.2 Å². The van der Waals surface area contributed by atoms with Gasteiger partial charge >= 0.3 is 12.0 Å². The maximum atomic E-state index is 11.9. The summed E-state index contributed by atoms with van der Waals surface area (Å²) in [5, 5.41) is 2.14. The number of hydrogen-bond donors (Lipinski definition) is 2. The van der Waals surface area contributed by atoms with Gasteiger partial charge in [-0.3, -0.25) is 5.01 Å². The molecule has 23 heavy (non-hydrogen) atoms. The van der Waals surface area contributed by atoms with Crippen LogP contribution in [0.4, 0.5) is 10.5 Å². The molecule has 2 aromatic rings. The molecule has 2 rings (SSSR count). The van der Waals surface area contributed by atoms with Crippen molar-refractivity contribution in [3.63, 3.8) is 0 Å². The van der Waals surface area contributed by atoms with E-state index in [1.165, 1.54) is 13.2 Å². The Morgan fingerprint density at radius 1 is 1.35 bits per heavy atom. The van der Waals surface area contributed by atoms with Crippen molar-refractivity contribution in [2.24, 2.45) is 11.7 Å². The number of urea groups is 1. The van der Waals surface area contributed by atoms with Gasteiger partial charge in [-0.15, -0.1) is 0 Å². The first-order chi connectivity index (χ1) is 10.9. The van der Waals surface area contributed by atoms with Gasteiger partial charge in [0.2, 0.25) is 0 Å². The Bertz CT molecular complexity index is 709. The Morgan fingerprint density at radius 2 is 2.09 bits per heavy atom. The summed E-state index contributed by atoms with van der Waals surface area (Å²) in [7, 11) is 1.41. The largest absolute Gasteiger partial charge is 0.458 e. The molecule has 0 spiro atoms. The van der Waals surface area contributed by atoms with E-state index in [1.807, 2.05) is 13.0 Å². The number of rotatable bonds is 4. The molecule has 8 nitrogen and oxygen atoms in total. The van der Waals surface area contributed by atoms with E-state index in [9.17, 15) is 4.79 Å². The van der Waals surface area contributed by atoms with Crippen molar-refractivity contribution in [1.29, 1.82) is 0 Å². The summed E-state index contributed by atoms with van der Waals surface area (Å²) in [6.07, 6.45) is 1.49. The minimum absolute atomic E-state index is 0.123. The minimum atomic E-state index is -0.559. The van der Waals surface area contributed by atoms with Crippen molar-refractivity contribution in [3.05, 3.63) is 46.7 Å². The second kappa shape index (κ2) is 7.23. The third kappa shape index (κ3) is 4.07. The summed E-state index contributed by atoms with van der Waals surface area (Å²) in [5.41, 5.74) is 2.09. The first-order valence-corrected chi connectivity index (χ1v) is 7.05. The molecule has 0 saturated heterocycles. The maximum Gasteiger partial charge on any atom is 0.352 e. The summed E-state index contributed by atoms with van der Waals surface area (Å²) in [6, 6.07) is 6.49. The number of hydrazine groups is 2. The first kappa shape index (κ1) is 16.9. The van der Waals surface area contributed by atoms with Crippen LogP contribution in [0.3, 0.4) is 0 Å². The Balaban J connectivity index is 2.26. The fraction of sp³-hybridized carbons (Fsp3) is 0.214. The number of aryl methyl sites for hydroxylation is 1. The molecule has 0 aliphatic heterocycles. The van der Waals surface area contributed by atoms with Gasteiger partial charge in [-0.1, -0.05) is 23.7 Å². The molecule has 1 aromatic heterocycles. The highest BCUT2D eigenvalue weighted by atomic mass is 35.5. The third-order valence-electron chi connectivity index (χ3n) is 3.10. The van der Waals surface area contributed by atoms with Crippen molar-refractivity contribution >= 4 is 23.3 Å². The highest BCUT2D eigenvalue weighted by Gasteiger charge is 2.19. The Labute approximate surface area is 138 Å². The van der Waals surface area contributed by atoms with E-state index in [2.05, 4.69) is 9.97 Å². The molecule has 0 unspecified atom stereocenters. The van der Waals surface area contributed by atoms with Gasteiger partial charge in [-0.05, 0) is 24.6 Å². The predicted molar refractivity (Wildman–Crippen MR) is 86.6 cm³/mol. The lowest BCUT2D eigenvalue weighted by Crippen LogP contribution is -2.49. The molecule has 0 aliphatic rings. The van der Waals surface area contributed by atoms with Crippen LogP contribution in [0, 0.1) is 6.92 Å². The van der Waals surface area contributed by atoms with Crippen LogP contribution in [0.25, 0.3) is 0 Å². The minimum Gasteiger partial charge on any atom is -0.458 e. The number of ether oxygens (including phenoxy) is 1. The summed E-state index contributed by atoms with van der Waals surface area (Å²) in [4.78, 5) is 19.9. The van der Waals surface area contributed by atoms with Crippen molar-refractivity contribution in [2.45, 2.75) is 13.5 Å². The van der Waals surface area contributed by atoms with Crippen LogP contribution in [0.5, 0.6) is 6.01 Å². The molecule has 1 heterocycles. The Kier molecular flexibility index (Phi) is 5.32. The number of benzene rings is 1. The van der Waals surface area contributed by atoms with Crippen LogP contribution in [-0.4, -0.2) is 28.1 Å². The number of nitrogens with two attached hydrogens (primary N) is 2. The molecule has 0 atom stereocenters.